The molecule has 19 heavy (non-hydrogen) atoms. The van der Waals surface area contributed by atoms with Crippen molar-refractivity contribution in [1.29, 1.82) is 0 Å². The average molecular weight is 268 g/mol. The Bertz CT molecular complexity index is 374. The molecule has 0 aliphatic heterocycles. The molecule has 1 rings (SSSR count). The predicted molar refractivity (Wildman–Crippen MR) is 76.6 cm³/mol. The van der Waals surface area contributed by atoms with E-state index in [4.69, 9.17) is 4.74 Å². The summed E-state index contributed by atoms with van der Waals surface area (Å²) in [5, 5.41) is 15.9. The number of nitrogens with one attached hydrogen (secondary N) is 2. The van der Waals surface area contributed by atoms with Crippen molar-refractivity contribution in [3.63, 3.8) is 0 Å². The summed E-state index contributed by atoms with van der Waals surface area (Å²) < 4.78 is 4.88. The molecule has 0 saturated heterocycles. The number of aliphatic hydroxyl groups excluding tert-OH is 1. The minimum atomic E-state index is -0.544. The van der Waals surface area contributed by atoms with E-state index in [-0.39, 0.29) is 0 Å². The number of nitrogens with zero attached hydrogens (tertiary/aromatic N) is 2. The van der Waals surface area contributed by atoms with Crippen molar-refractivity contribution < 1.29 is 9.84 Å². The standard InChI is InChI=1S/C13H24N4O2/c1-4-6-14-12-7-13(17-11(5-2)16-12)15-8-10(18)9-19-3/h7,10,18H,4-6,8-9H2,1-3H3,(H2,14,15,16,17). The molecule has 0 aliphatic carbocycles. The number of hydrogen-bond acceptors (Lipinski definition) is 6. The molecule has 0 fully saturated rings. The van der Waals surface area contributed by atoms with Crippen LogP contribution in [0.5, 0.6) is 0 Å². The maximum Gasteiger partial charge on any atom is 0.132 e. The van der Waals surface area contributed by atoms with E-state index in [1.165, 1.54) is 0 Å². The Morgan fingerprint density at radius 2 is 1.95 bits per heavy atom. The summed E-state index contributed by atoms with van der Waals surface area (Å²) in [7, 11) is 1.57. The number of anilines is 2. The maximum absolute atomic E-state index is 9.60. The van der Waals surface area contributed by atoms with Gasteiger partial charge in [0.15, 0.2) is 0 Å². The Hall–Kier alpha value is -1.40. The molecule has 1 aromatic rings. The van der Waals surface area contributed by atoms with Crippen LogP contribution in [0.15, 0.2) is 6.07 Å². The molecule has 1 unspecified atom stereocenters. The molecule has 0 aromatic carbocycles. The van der Waals surface area contributed by atoms with Gasteiger partial charge in [0, 0.05) is 32.7 Å². The second kappa shape index (κ2) is 8.66. The van der Waals surface area contributed by atoms with E-state index in [2.05, 4.69) is 27.5 Å². The Morgan fingerprint density at radius 1 is 1.26 bits per heavy atom. The third kappa shape index (κ3) is 5.85. The first-order valence-electron chi connectivity index (χ1n) is 6.72. The van der Waals surface area contributed by atoms with Crippen LogP contribution in [0, 0.1) is 0 Å². The van der Waals surface area contributed by atoms with Crippen LogP contribution in [0.4, 0.5) is 11.6 Å². The first-order chi connectivity index (χ1) is 9.19. The number of methoxy groups -OCH3 is 1. The number of hydrogen-bond donors (Lipinski definition) is 3. The van der Waals surface area contributed by atoms with Gasteiger partial charge in [0.2, 0.25) is 0 Å². The molecule has 0 radical (unpaired) electrons. The predicted octanol–water partition coefficient (Wildman–Crippen LogP) is 1.28. The van der Waals surface area contributed by atoms with E-state index < -0.39 is 6.10 Å². The lowest BCUT2D eigenvalue weighted by atomic mass is 10.3. The number of aliphatic hydroxyl groups is 1. The molecule has 108 valence electrons. The summed E-state index contributed by atoms with van der Waals surface area (Å²) >= 11 is 0. The van der Waals surface area contributed by atoms with Gasteiger partial charge in [0.1, 0.15) is 17.5 Å². The largest absolute Gasteiger partial charge is 0.389 e. The molecule has 0 spiro atoms. The van der Waals surface area contributed by atoms with Crippen molar-refractivity contribution in [2.75, 3.05) is 37.4 Å². The highest BCUT2D eigenvalue weighted by Gasteiger charge is 2.06. The summed E-state index contributed by atoms with van der Waals surface area (Å²) in [6, 6.07) is 1.86. The molecule has 6 nitrogen and oxygen atoms in total. The molecule has 0 saturated carbocycles. The summed E-state index contributed by atoms with van der Waals surface area (Å²) in [6.07, 6.45) is 1.27. The van der Waals surface area contributed by atoms with Crippen molar-refractivity contribution in [3.05, 3.63) is 11.9 Å². The summed E-state index contributed by atoms with van der Waals surface area (Å²) in [6.45, 7) is 5.71. The molecule has 1 heterocycles. The summed E-state index contributed by atoms with van der Waals surface area (Å²) in [4.78, 5) is 8.78. The van der Waals surface area contributed by atoms with E-state index in [1.807, 2.05) is 13.0 Å². The Labute approximate surface area is 114 Å². The van der Waals surface area contributed by atoms with Gasteiger partial charge in [-0.15, -0.1) is 0 Å². The van der Waals surface area contributed by atoms with Gasteiger partial charge in [-0.3, -0.25) is 0 Å². The number of ether oxygens (including phenoxy) is 1. The SMILES string of the molecule is CCCNc1cc(NCC(O)COC)nc(CC)n1. The number of aromatic nitrogens is 2. The van der Waals surface area contributed by atoms with Crippen molar-refractivity contribution in [2.45, 2.75) is 32.8 Å². The van der Waals surface area contributed by atoms with Crippen molar-refractivity contribution in [1.82, 2.24) is 9.97 Å². The molecule has 3 N–H and O–H groups in total. The highest BCUT2D eigenvalue weighted by Crippen LogP contribution is 2.12. The normalized spacial score (nSPS) is 12.2. The van der Waals surface area contributed by atoms with E-state index in [0.717, 1.165) is 36.8 Å². The van der Waals surface area contributed by atoms with Gasteiger partial charge in [0.25, 0.3) is 0 Å². The van der Waals surface area contributed by atoms with Gasteiger partial charge in [-0.25, -0.2) is 9.97 Å². The lowest BCUT2D eigenvalue weighted by Crippen LogP contribution is -2.24. The van der Waals surface area contributed by atoms with Gasteiger partial charge in [-0.1, -0.05) is 13.8 Å². The second-order valence-corrected chi connectivity index (χ2v) is 4.33. The van der Waals surface area contributed by atoms with Crippen LogP contribution >= 0.6 is 0 Å². The van der Waals surface area contributed by atoms with E-state index >= 15 is 0 Å². The molecule has 6 heteroatoms. The fraction of sp³-hybridized carbons (Fsp3) is 0.692. The average Bonchev–Trinajstić information content (AvgIpc) is 2.43. The van der Waals surface area contributed by atoms with Crippen molar-refractivity contribution >= 4 is 11.6 Å². The van der Waals surface area contributed by atoms with Gasteiger partial charge in [-0.2, -0.15) is 0 Å². The topological polar surface area (TPSA) is 79.3 Å². The van der Waals surface area contributed by atoms with Gasteiger partial charge >= 0.3 is 0 Å². The van der Waals surface area contributed by atoms with Gasteiger partial charge in [-0.05, 0) is 6.42 Å². The number of aryl methyl sites for hydroxylation is 1. The maximum atomic E-state index is 9.60. The summed E-state index contributed by atoms with van der Waals surface area (Å²) in [5.41, 5.74) is 0. The van der Waals surface area contributed by atoms with Crippen LogP contribution in [-0.2, 0) is 11.2 Å². The quantitative estimate of drug-likeness (QED) is 0.626. The lowest BCUT2D eigenvalue weighted by Gasteiger charge is -2.13. The van der Waals surface area contributed by atoms with Crippen LogP contribution < -0.4 is 10.6 Å². The first kappa shape index (κ1) is 15.7. The smallest absolute Gasteiger partial charge is 0.132 e. The fourth-order valence-corrected chi connectivity index (χ4v) is 1.56. The van der Waals surface area contributed by atoms with Crippen LogP contribution in [0.3, 0.4) is 0 Å². The molecule has 1 aromatic heterocycles. The van der Waals surface area contributed by atoms with Crippen LogP contribution in [0.1, 0.15) is 26.1 Å². The van der Waals surface area contributed by atoms with E-state index in [0.29, 0.717) is 13.2 Å². The Balaban J connectivity index is 2.65. The third-order valence-corrected chi connectivity index (χ3v) is 2.52. The van der Waals surface area contributed by atoms with E-state index in [1.54, 1.807) is 7.11 Å². The minimum absolute atomic E-state index is 0.305. The van der Waals surface area contributed by atoms with Crippen LogP contribution in [-0.4, -0.2) is 48.0 Å². The molecule has 0 amide bonds. The monoisotopic (exact) mass is 268 g/mol. The second-order valence-electron chi connectivity index (χ2n) is 4.33. The van der Waals surface area contributed by atoms with E-state index in [9.17, 15) is 5.11 Å². The molecular weight excluding hydrogens is 244 g/mol. The van der Waals surface area contributed by atoms with Gasteiger partial charge in [0.05, 0.1) is 12.7 Å². The molecule has 0 aliphatic rings. The van der Waals surface area contributed by atoms with Crippen molar-refractivity contribution in [2.24, 2.45) is 0 Å². The Kier molecular flexibility index (Phi) is 7.14. The highest BCUT2D eigenvalue weighted by molar-refractivity contribution is 5.47. The number of rotatable bonds is 9. The summed E-state index contributed by atoms with van der Waals surface area (Å²) in [5.74, 6) is 2.32. The van der Waals surface area contributed by atoms with Crippen LogP contribution in [0.25, 0.3) is 0 Å². The Morgan fingerprint density at radius 3 is 2.53 bits per heavy atom. The van der Waals surface area contributed by atoms with Crippen LogP contribution in [0.2, 0.25) is 0 Å². The molecular formula is C13H24N4O2. The lowest BCUT2D eigenvalue weighted by molar-refractivity contribution is 0.0727. The molecule has 0 bridgehead atoms. The molecule has 1 atom stereocenters. The fourth-order valence-electron chi connectivity index (χ4n) is 1.56. The third-order valence-electron chi connectivity index (χ3n) is 2.52. The van der Waals surface area contributed by atoms with Crippen molar-refractivity contribution in [3.8, 4) is 0 Å². The first-order valence-corrected chi connectivity index (χ1v) is 6.72. The van der Waals surface area contributed by atoms with Gasteiger partial charge < -0.3 is 20.5 Å². The zero-order valence-corrected chi connectivity index (χ0v) is 11.9. The minimum Gasteiger partial charge on any atom is -0.389 e. The zero-order chi connectivity index (χ0) is 14.1. The highest BCUT2D eigenvalue weighted by atomic mass is 16.5. The zero-order valence-electron chi connectivity index (χ0n) is 11.9.